The van der Waals surface area contributed by atoms with Gasteiger partial charge in [0.05, 0.1) is 0 Å². The highest BCUT2D eigenvalue weighted by Crippen LogP contribution is 2.23. The summed E-state index contributed by atoms with van der Waals surface area (Å²) in [5.41, 5.74) is 1.49. The van der Waals surface area contributed by atoms with Crippen molar-refractivity contribution >= 4 is 11.3 Å². The first-order valence-electron chi connectivity index (χ1n) is 7.09. The van der Waals surface area contributed by atoms with E-state index in [2.05, 4.69) is 56.0 Å². The minimum atomic E-state index is 0.590. The fourth-order valence-electron chi connectivity index (χ4n) is 2.45. The molecule has 110 valence electrons. The molecule has 0 saturated heterocycles. The summed E-state index contributed by atoms with van der Waals surface area (Å²) in [6, 6.07) is 2.95. The summed E-state index contributed by atoms with van der Waals surface area (Å²) in [6.45, 7) is 11.1. The van der Waals surface area contributed by atoms with Crippen molar-refractivity contribution in [1.29, 1.82) is 0 Å². The Labute approximate surface area is 122 Å². The van der Waals surface area contributed by atoms with E-state index in [1.54, 1.807) is 0 Å². The third-order valence-electron chi connectivity index (χ3n) is 3.45. The van der Waals surface area contributed by atoms with Gasteiger partial charge in [0.1, 0.15) is 0 Å². The van der Waals surface area contributed by atoms with Gasteiger partial charge in [-0.05, 0) is 53.2 Å². The minimum Gasteiger partial charge on any atom is -0.315 e. The van der Waals surface area contributed by atoms with Crippen LogP contribution in [0.3, 0.4) is 0 Å². The third kappa shape index (κ3) is 5.22. The quantitative estimate of drug-likeness (QED) is 0.791. The molecule has 1 N–H and O–H groups in total. The first-order valence-corrected chi connectivity index (χ1v) is 7.91. The highest BCUT2D eigenvalue weighted by atomic mass is 32.1. The van der Waals surface area contributed by atoms with Gasteiger partial charge >= 0.3 is 0 Å². The van der Waals surface area contributed by atoms with Crippen molar-refractivity contribution in [2.24, 2.45) is 0 Å². The van der Waals surface area contributed by atoms with E-state index in [1.807, 2.05) is 18.4 Å². The number of likely N-dealkylation sites (N-methyl/N-ethyl adjacent to an activating group) is 2. The molecule has 0 radical (unpaired) electrons. The summed E-state index contributed by atoms with van der Waals surface area (Å²) in [4.78, 5) is 7.71. The van der Waals surface area contributed by atoms with Crippen LogP contribution in [0.1, 0.15) is 29.2 Å². The van der Waals surface area contributed by atoms with Crippen LogP contribution >= 0.6 is 11.3 Å². The van der Waals surface area contributed by atoms with Crippen molar-refractivity contribution in [3.05, 3.63) is 21.4 Å². The summed E-state index contributed by atoms with van der Waals surface area (Å²) in [5.74, 6) is 0. The van der Waals surface area contributed by atoms with Crippen LogP contribution < -0.4 is 5.32 Å². The molecule has 1 rings (SSSR count). The normalized spacial score (nSPS) is 13.5. The van der Waals surface area contributed by atoms with Crippen molar-refractivity contribution in [2.75, 3.05) is 34.2 Å². The van der Waals surface area contributed by atoms with Crippen LogP contribution in [0.4, 0.5) is 0 Å². The standard InChI is InChI=1S/C15H29N3S/c1-7-18(12(2)10-17(5)6)11-14-8-15(9-16-4)19-13(14)3/h8,12,16H,7,9-11H2,1-6H3. The van der Waals surface area contributed by atoms with Crippen molar-refractivity contribution in [3.8, 4) is 0 Å². The maximum Gasteiger partial charge on any atom is 0.0296 e. The molecule has 0 aliphatic rings. The molecule has 1 atom stereocenters. The van der Waals surface area contributed by atoms with Crippen LogP contribution in [-0.4, -0.2) is 50.1 Å². The van der Waals surface area contributed by atoms with Crippen LogP contribution in [0.5, 0.6) is 0 Å². The van der Waals surface area contributed by atoms with E-state index in [1.165, 1.54) is 15.3 Å². The summed E-state index contributed by atoms with van der Waals surface area (Å²) in [6.07, 6.45) is 0. The van der Waals surface area contributed by atoms with Gasteiger partial charge in [-0.2, -0.15) is 0 Å². The average Bonchev–Trinajstić information content (AvgIpc) is 2.66. The molecular formula is C15H29N3S. The van der Waals surface area contributed by atoms with Gasteiger partial charge in [-0.15, -0.1) is 11.3 Å². The Kier molecular flexibility index (Phi) is 7.00. The van der Waals surface area contributed by atoms with E-state index in [0.29, 0.717) is 6.04 Å². The zero-order chi connectivity index (χ0) is 14.4. The summed E-state index contributed by atoms with van der Waals surface area (Å²) >= 11 is 1.92. The summed E-state index contributed by atoms with van der Waals surface area (Å²) in [7, 11) is 6.29. The Morgan fingerprint density at radius 1 is 1.37 bits per heavy atom. The Bertz CT molecular complexity index is 373. The Hall–Kier alpha value is -0.420. The third-order valence-corrected chi connectivity index (χ3v) is 4.55. The Balaban J connectivity index is 2.69. The maximum absolute atomic E-state index is 3.23. The molecule has 1 aromatic heterocycles. The average molecular weight is 283 g/mol. The molecule has 0 aromatic carbocycles. The van der Waals surface area contributed by atoms with Gasteiger partial charge in [0.25, 0.3) is 0 Å². The van der Waals surface area contributed by atoms with Gasteiger partial charge in [0, 0.05) is 35.4 Å². The van der Waals surface area contributed by atoms with E-state index in [9.17, 15) is 0 Å². The molecule has 19 heavy (non-hydrogen) atoms. The second kappa shape index (κ2) is 8.00. The lowest BCUT2D eigenvalue weighted by Gasteiger charge is -2.30. The van der Waals surface area contributed by atoms with Gasteiger partial charge < -0.3 is 10.2 Å². The molecule has 1 unspecified atom stereocenters. The predicted molar refractivity (Wildman–Crippen MR) is 85.9 cm³/mol. The Morgan fingerprint density at radius 2 is 2.05 bits per heavy atom. The largest absolute Gasteiger partial charge is 0.315 e. The molecule has 0 bridgehead atoms. The predicted octanol–water partition coefficient (Wildman–Crippen LogP) is 2.55. The smallest absolute Gasteiger partial charge is 0.0296 e. The van der Waals surface area contributed by atoms with Crippen LogP contribution in [0.2, 0.25) is 0 Å². The second-order valence-electron chi connectivity index (χ2n) is 5.50. The van der Waals surface area contributed by atoms with E-state index in [4.69, 9.17) is 0 Å². The lowest BCUT2D eigenvalue weighted by molar-refractivity contribution is 0.174. The van der Waals surface area contributed by atoms with Crippen LogP contribution in [0.25, 0.3) is 0 Å². The van der Waals surface area contributed by atoms with Crippen molar-refractivity contribution in [3.63, 3.8) is 0 Å². The van der Waals surface area contributed by atoms with Crippen LogP contribution in [0.15, 0.2) is 6.07 Å². The van der Waals surface area contributed by atoms with Crippen molar-refractivity contribution < 1.29 is 0 Å². The molecule has 0 amide bonds. The lowest BCUT2D eigenvalue weighted by Crippen LogP contribution is -2.39. The molecule has 1 heterocycles. The summed E-state index contributed by atoms with van der Waals surface area (Å²) in [5, 5.41) is 3.23. The van der Waals surface area contributed by atoms with E-state index >= 15 is 0 Å². The topological polar surface area (TPSA) is 18.5 Å². The first kappa shape index (κ1) is 16.6. The molecule has 0 fully saturated rings. The van der Waals surface area contributed by atoms with Gasteiger partial charge in [0.15, 0.2) is 0 Å². The van der Waals surface area contributed by atoms with E-state index < -0.39 is 0 Å². The zero-order valence-electron chi connectivity index (χ0n) is 13.3. The monoisotopic (exact) mass is 283 g/mol. The fraction of sp³-hybridized carbons (Fsp3) is 0.733. The fourth-order valence-corrected chi connectivity index (χ4v) is 3.51. The number of nitrogens with one attached hydrogen (secondary N) is 1. The Morgan fingerprint density at radius 3 is 2.58 bits per heavy atom. The zero-order valence-corrected chi connectivity index (χ0v) is 14.1. The lowest BCUT2D eigenvalue weighted by atomic mass is 10.2. The number of thiophene rings is 1. The number of rotatable bonds is 8. The van der Waals surface area contributed by atoms with E-state index in [-0.39, 0.29) is 0 Å². The molecular weight excluding hydrogens is 254 g/mol. The van der Waals surface area contributed by atoms with Crippen LogP contribution in [0, 0.1) is 6.92 Å². The molecule has 0 saturated carbocycles. The number of hydrogen-bond acceptors (Lipinski definition) is 4. The number of aryl methyl sites for hydroxylation is 1. The van der Waals surface area contributed by atoms with Gasteiger partial charge in [-0.25, -0.2) is 0 Å². The molecule has 0 spiro atoms. The van der Waals surface area contributed by atoms with Gasteiger partial charge in [-0.3, -0.25) is 4.90 Å². The van der Waals surface area contributed by atoms with Gasteiger partial charge in [-0.1, -0.05) is 6.92 Å². The highest BCUT2D eigenvalue weighted by Gasteiger charge is 2.15. The maximum atomic E-state index is 3.23. The van der Waals surface area contributed by atoms with Crippen molar-refractivity contribution in [2.45, 2.75) is 39.9 Å². The number of hydrogen-bond donors (Lipinski definition) is 1. The van der Waals surface area contributed by atoms with Crippen LogP contribution in [-0.2, 0) is 13.1 Å². The van der Waals surface area contributed by atoms with Crippen molar-refractivity contribution in [1.82, 2.24) is 15.1 Å². The second-order valence-corrected chi connectivity index (χ2v) is 6.84. The SMILES string of the molecule is CCN(Cc1cc(CNC)sc1C)C(C)CN(C)C. The molecule has 1 aromatic rings. The summed E-state index contributed by atoms with van der Waals surface area (Å²) < 4.78 is 0. The molecule has 3 nitrogen and oxygen atoms in total. The first-order chi connectivity index (χ1) is 8.97. The minimum absolute atomic E-state index is 0.590. The molecule has 0 aliphatic carbocycles. The molecule has 4 heteroatoms. The van der Waals surface area contributed by atoms with Gasteiger partial charge in [0.2, 0.25) is 0 Å². The van der Waals surface area contributed by atoms with E-state index in [0.717, 1.165) is 26.2 Å². The number of nitrogens with zero attached hydrogens (tertiary/aromatic N) is 2. The highest BCUT2D eigenvalue weighted by molar-refractivity contribution is 7.12. The molecule has 0 aliphatic heterocycles.